The van der Waals surface area contributed by atoms with Crippen molar-refractivity contribution in [3.63, 3.8) is 0 Å². The molecule has 2 rings (SSSR count). The summed E-state index contributed by atoms with van der Waals surface area (Å²) in [5, 5.41) is 4.19. The van der Waals surface area contributed by atoms with Gasteiger partial charge >= 0.3 is 0 Å². The van der Waals surface area contributed by atoms with Crippen LogP contribution in [0.3, 0.4) is 0 Å². The van der Waals surface area contributed by atoms with Gasteiger partial charge in [0.1, 0.15) is 0 Å². The molecule has 1 heterocycles. The Morgan fingerprint density at radius 2 is 2.20 bits per heavy atom. The lowest BCUT2D eigenvalue weighted by Crippen LogP contribution is -2.09. The summed E-state index contributed by atoms with van der Waals surface area (Å²) in [7, 11) is 0. The van der Waals surface area contributed by atoms with E-state index in [0.717, 1.165) is 9.88 Å². The smallest absolute Gasteiger partial charge is 0.167 e. The van der Waals surface area contributed by atoms with Gasteiger partial charge in [-0.15, -0.1) is 11.3 Å². The molecular formula is C14H18FN3OS. The number of nitrogen functional groups attached to an aromatic ring is 1. The van der Waals surface area contributed by atoms with Crippen LogP contribution >= 0.6 is 11.3 Å². The zero-order valence-corrected chi connectivity index (χ0v) is 12.6. The van der Waals surface area contributed by atoms with Crippen LogP contribution in [-0.4, -0.2) is 11.1 Å². The summed E-state index contributed by atoms with van der Waals surface area (Å²) in [6.45, 7) is 6.25. The van der Waals surface area contributed by atoms with Crippen molar-refractivity contribution in [1.29, 1.82) is 0 Å². The van der Waals surface area contributed by atoms with Gasteiger partial charge in [-0.05, 0) is 20.8 Å². The van der Waals surface area contributed by atoms with Crippen LogP contribution in [0, 0.1) is 12.7 Å². The second kappa shape index (κ2) is 6.09. The van der Waals surface area contributed by atoms with Crippen molar-refractivity contribution in [3.8, 4) is 5.75 Å². The fourth-order valence-corrected chi connectivity index (χ4v) is 2.47. The number of halogens is 1. The molecule has 0 aliphatic heterocycles. The molecule has 0 saturated heterocycles. The molecule has 1 aromatic carbocycles. The third kappa shape index (κ3) is 3.60. The standard InChI is InChI=1S/C14H18FN3OS/c1-8(2)19-14-5-13(12(16)4-11(14)15)18-7-10-6-17-9(3)20-10/h4-6,8,18H,7,16H2,1-3H3. The third-order valence-electron chi connectivity index (χ3n) is 2.59. The van der Waals surface area contributed by atoms with Crippen LogP contribution in [0.4, 0.5) is 15.8 Å². The van der Waals surface area contributed by atoms with Crippen LogP contribution in [0.2, 0.25) is 0 Å². The molecule has 4 nitrogen and oxygen atoms in total. The van der Waals surface area contributed by atoms with Crippen LogP contribution < -0.4 is 15.8 Å². The summed E-state index contributed by atoms with van der Waals surface area (Å²) in [4.78, 5) is 5.28. The molecule has 3 N–H and O–H groups in total. The van der Waals surface area contributed by atoms with Crippen molar-refractivity contribution in [2.24, 2.45) is 0 Å². The maximum Gasteiger partial charge on any atom is 0.167 e. The SMILES string of the molecule is Cc1ncc(CNc2cc(OC(C)C)c(F)cc2N)s1. The zero-order chi connectivity index (χ0) is 14.7. The van der Waals surface area contributed by atoms with Gasteiger partial charge in [0.05, 0.1) is 29.0 Å². The normalized spacial score (nSPS) is 10.8. The summed E-state index contributed by atoms with van der Waals surface area (Å²) in [5.74, 6) is -0.243. The summed E-state index contributed by atoms with van der Waals surface area (Å²) < 4.78 is 19.1. The zero-order valence-electron chi connectivity index (χ0n) is 11.7. The van der Waals surface area contributed by atoms with Crippen molar-refractivity contribution in [1.82, 2.24) is 4.98 Å². The molecule has 6 heteroatoms. The van der Waals surface area contributed by atoms with Crippen LogP contribution in [-0.2, 0) is 6.54 Å². The highest BCUT2D eigenvalue weighted by atomic mass is 32.1. The van der Waals surface area contributed by atoms with Crippen LogP contribution in [0.25, 0.3) is 0 Å². The Hall–Kier alpha value is -1.82. The van der Waals surface area contributed by atoms with Crippen molar-refractivity contribution in [2.45, 2.75) is 33.4 Å². The number of anilines is 2. The fourth-order valence-electron chi connectivity index (χ4n) is 1.74. The molecule has 108 valence electrons. The van der Waals surface area contributed by atoms with E-state index in [1.807, 2.05) is 27.0 Å². The first-order chi connectivity index (χ1) is 9.45. The number of aryl methyl sites for hydroxylation is 1. The van der Waals surface area contributed by atoms with E-state index in [4.69, 9.17) is 10.5 Å². The Kier molecular flexibility index (Phi) is 4.44. The molecule has 0 saturated carbocycles. The highest BCUT2D eigenvalue weighted by Crippen LogP contribution is 2.29. The Bertz CT molecular complexity index is 598. The van der Waals surface area contributed by atoms with Crippen LogP contribution in [0.5, 0.6) is 5.75 Å². The average Bonchev–Trinajstić information content (AvgIpc) is 2.76. The average molecular weight is 295 g/mol. The number of hydrogen-bond donors (Lipinski definition) is 2. The number of thiazole rings is 1. The summed E-state index contributed by atoms with van der Waals surface area (Å²) in [5.41, 5.74) is 6.84. The predicted molar refractivity (Wildman–Crippen MR) is 80.8 cm³/mol. The molecule has 0 radical (unpaired) electrons. The fraction of sp³-hybridized carbons (Fsp3) is 0.357. The predicted octanol–water partition coefficient (Wildman–Crippen LogP) is 3.57. The van der Waals surface area contributed by atoms with E-state index in [0.29, 0.717) is 17.9 Å². The number of benzene rings is 1. The lowest BCUT2D eigenvalue weighted by Gasteiger charge is -2.14. The topological polar surface area (TPSA) is 60.2 Å². The number of rotatable bonds is 5. The van der Waals surface area contributed by atoms with Gasteiger partial charge in [0.25, 0.3) is 0 Å². The lowest BCUT2D eigenvalue weighted by molar-refractivity contribution is 0.231. The van der Waals surface area contributed by atoms with Crippen molar-refractivity contribution >= 4 is 22.7 Å². The minimum atomic E-state index is -0.449. The van der Waals surface area contributed by atoms with Gasteiger partial charge in [-0.25, -0.2) is 9.37 Å². The largest absolute Gasteiger partial charge is 0.488 e. The first kappa shape index (κ1) is 14.6. The van der Waals surface area contributed by atoms with Gasteiger partial charge in [0.2, 0.25) is 0 Å². The van der Waals surface area contributed by atoms with Crippen molar-refractivity contribution in [3.05, 3.63) is 34.0 Å². The van der Waals surface area contributed by atoms with Crippen LogP contribution in [0.1, 0.15) is 23.7 Å². The maximum absolute atomic E-state index is 13.7. The van der Waals surface area contributed by atoms with E-state index in [2.05, 4.69) is 10.3 Å². The van der Waals surface area contributed by atoms with Gasteiger partial charge < -0.3 is 15.8 Å². The molecule has 0 bridgehead atoms. The molecule has 0 amide bonds. The van der Waals surface area contributed by atoms with Gasteiger partial charge in [-0.2, -0.15) is 0 Å². The number of nitrogens with zero attached hydrogens (tertiary/aromatic N) is 1. The lowest BCUT2D eigenvalue weighted by atomic mass is 10.2. The first-order valence-electron chi connectivity index (χ1n) is 6.36. The number of hydrogen-bond acceptors (Lipinski definition) is 5. The molecule has 0 fully saturated rings. The third-order valence-corrected chi connectivity index (χ3v) is 3.50. The molecule has 2 aromatic rings. The summed E-state index contributed by atoms with van der Waals surface area (Å²) in [6.07, 6.45) is 1.73. The van der Waals surface area contributed by atoms with E-state index in [1.165, 1.54) is 6.07 Å². The molecule has 1 aromatic heterocycles. The van der Waals surface area contributed by atoms with Gasteiger partial charge in [0.15, 0.2) is 11.6 Å². The number of aromatic nitrogens is 1. The quantitative estimate of drug-likeness (QED) is 0.828. The number of nitrogens with one attached hydrogen (secondary N) is 1. The minimum absolute atomic E-state index is 0.0925. The number of nitrogens with two attached hydrogens (primary N) is 1. The van der Waals surface area contributed by atoms with E-state index in [-0.39, 0.29) is 11.9 Å². The van der Waals surface area contributed by atoms with Gasteiger partial charge in [0, 0.05) is 23.2 Å². The van der Waals surface area contributed by atoms with Gasteiger partial charge in [-0.1, -0.05) is 0 Å². The van der Waals surface area contributed by atoms with Crippen LogP contribution in [0.15, 0.2) is 18.3 Å². The maximum atomic E-state index is 13.7. The van der Waals surface area contributed by atoms with E-state index < -0.39 is 5.82 Å². The molecule has 0 atom stereocenters. The summed E-state index contributed by atoms with van der Waals surface area (Å²) >= 11 is 1.61. The first-order valence-corrected chi connectivity index (χ1v) is 7.18. The Labute approximate surface area is 121 Å². The Balaban J connectivity index is 2.14. The molecule has 0 spiro atoms. The highest BCUT2D eigenvalue weighted by molar-refractivity contribution is 7.11. The molecular weight excluding hydrogens is 277 g/mol. The minimum Gasteiger partial charge on any atom is -0.488 e. The highest BCUT2D eigenvalue weighted by Gasteiger charge is 2.11. The molecule has 20 heavy (non-hydrogen) atoms. The second-order valence-corrected chi connectivity index (χ2v) is 6.05. The summed E-state index contributed by atoms with van der Waals surface area (Å²) in [6, 6.07) is 2.87. The number of ether oxygens (including phenoxy) is 1. The van der Waals surface area contributed by atoms with Gasteiger partial charge in [-0.3, -0.25) is 0 Å². The molecule has 0 aliphatic carbocycles. The van der Waals surface area contributed by atoms with Crippen molar-refractivity contribution in [2.75, 3.05) is 11.1 Å². The molecule has 0 aliphatic rings. The monoisotopic (exact) mass is 295 g/mol. The Morgan fingerprint density at radius 3 is 2.80 bits per heavy atom. The van der Waals surface area contributed by atoms with Crippen molar-refractivity contribution < 1.29 is 9.13 Å². The van der Waals surface area contributed by atoms with E-state index >= 15 is 0 Å². The van der Waals surface area contributed by atoms with E-state index in [1.54, 1.807) is 17.4 Å². The second-order valence-electron chi connectivity index (χ2n) is 4.74. The Morgan fingerprint density at radius 1 is 1.45 bits per heavy atom. The van der Waals surface area contributed by atoms with E-state index in [9.17, 15) is 4.39 Å². The molecule has 0 unspecified atom stereocenters.